The van der Waals surface area contributed by atoms with E-state index in [1.165, 1.54) is 23.9 Å². The van der Waals surface area contributed by atoms with Crippen molar-refractivity contribution in [3.05, 3.63) is 86.5 Å². The van der Waals surface area contributed by atoms with Gasteiger partial charge in [0.1, 0.15) is 11.5 Å². The Kier molecular flexibility index (Phi) is 3.97. The van der Waals surface area contributed by atoms with Gasteiger partial charge in [0, 0.05) is 28.2 Å². The molecule has 0 spiro atoms. The molecule has 0 aliphatic carbocycles. The topological polar surface area (TPSA) is 73.3 Å². The molecule has 128 valence electrons. The van der Waals surface area contributed by atoms with E-state index in [1.807, 2.05) is 31.2 Å². The summed E-state index contributed by atoms with van der Waals surface area (Å²) in [5.41, 5.74) is 2.25. The second-order valence-electron chi connectivity index (χ2n) is 5.89. The highest BCUT2D eigenvalue weighted by atomic mass is 32.2. The molecular formula is C20H13NO4S. The molecule has 0 amide bonds. The smallest absolute Gasteiger partial charge is 0.270 e. The number of non-ortho nitro benzene ring substituents is 1. The van der Waals surface area contributed by atoms with Crippen molar-refractivity contribution in [1.82, 2.24) is 0 Å². The minimum atomic E-state index is -0.431. The molecule has 4 rings (SSSR count). The zero-order valence-corrected chi connectivity index (χ0v) is 14.6. The van der Waals surface area contributed by atoms with Gasteiger partial charge in [-0.2, -0.15) is 0 Å². The van der Waals surface area contributed by atoms with E-state index in [4.69, 9.17) is 4.42 Å². The summed E-state index contributed by atoms with van der Waals surface area (Å²) in [4.78, 5) is 24.6. The summed E-state index contributed by atoms with van der Waals surface area (Å²) < 4.78 is 5.83. The number of hydrogen-bond donors (Lipinski definition) is 0. The highest BCUT2D eigenvalue weighted by Crippen LogP contribution is 2.41. The summed E-state index contributed by atoms with van der Waals surface area (Å²) >= 11 is 1.42. The molecule has 1 aromatic heterocycles. The fourth-order valence-electron chi connectivity index (χ4n) is 2.83. The quantitative estimate of drug-likeness (QED) is 0.349. The van der Waals surface area contributed by atoms with Gasteiger partial charge < -0.3 is 4.42 Å². The lowest BCUT2D eigenvalue weighted by molar-refractivity contribution is -0.384. The molecule has 6 heteroatoms. The summed E-state index contributed by atoms with van der Waals surface area (Å²) in [5.74, 6) is 1.05. The average Bonchev–Trinajstić information content (AvgIpc) is 3.21. The minimum Gasteiger partial charge on any atom is -0.457 e. The third-order valence-electron chi connectivity index (χ3n) is 4.17. The van der Waals surface area contributed by atoms with Crippen LogP contribution in [-0.2, 0) is 0 Å². The molecule has 26 heavy (non-hydrogen) atoms. The summed E-state index contributed by atoms with van der Waals surface area (Å²) in [5, 5.41) is 11.0. The second kappa shape index (κ2) is 6.31. The van der Waals surface area contributed by atoms with Crippen molar-refractivity contribution >= 4 is 29.3 Å². The van der Waals surface area contributed by atoms with Crippen LogP contribution in [0.3, 0.4) is 0 Å². The van der Waals surface area contributed by atoms with Gasteiger partial charge in [-0.1, -0.05) is 30.0 Å². The fourth-order valence-corrected chi connectivity index (χ4v) is 3.86. The molecule has 0 bridgehead atoms. The number of nitrogens with zero attached hydrogens (tertiary/aromatic N) is 1. The number of rotatable bonds is 3. The normalized spacial score (nSPS) is 14.7. The lowest BCUT2D eigenvalue weighted by Gasteiger charge is -2.02. The van der Waals surface area contributed by atoms with Crippen LogP contribution in [0.25, 0.3) is 17.4 Å². The molecule has 0 radical (unpaired) electrons. The maximum absolute atomic E-state index is 12.4. The molecule has 5 nitrogen and oxygen atoms in total. The van der Waals surface area contributed by atoms with E-state index in [0.717, 1.165) is 10.5 Å². The van der Waals surface area contributed by atoms with E-state index in [9.17, 15) is 14.9 Å². The number of fused-ring (bicyclic) bond motifs is 1. The molecule has 1 aliphatic heterocycles. The van der Waals surface area contributed by atoms with Crippen molar-refractivity contribution in [2.24, 2.45) is 0 Å². The van der Waals surface area contributed by atoms with E-state index >= 15 is 0 Å². The van der Waals surface area contributed by atoms with Gasteiger partial charge in [0.15, 0.2) is 0 Å². The number of nitro groups is 1. The molecule has 0 fully saturated rings. The van der Waals surface area contributed by atoms with Gasteiger partial charge in [-0.15, -0.1) is 0 Å². The van der Waals surface area contributed by atoms with Crippen LogP contribution in [0, 0.1) is 17.0 Å². The van der Waals surface area contributed by atoms with Gasteiger partial charge in [0.05, 0.1) is 9.83 Å². The first-order chi connectivity index (χ1) is 12.5. The number of ketones is 1. The van der Waals surface area contributed by atoms with Gasteiger partial charge in [-0.25, -0.2) is 0 Å². The van der Waals surface area contributed by atoms with E-state index in [2.05, 4.69) is 0 Å². The number of nitro benzene ring substituents is 1. The molecule has 2 aromatic carbocycles. The van der Waals surface area contributed by atoms with Crippen molar-refractivity contribution in [1.29, 1.82) is 0 Å². The number of furan rings is 1. The number of hydrogen-bond acceptors (Lipinski definition) is 5. The van der Waals surface area contributed by atoms with Crippen molar-refractivity contribution in [2.45, 2.75) is 11.8 Å². The monoisotopic (exact) mass is 363 g/mol. The molecule has 1 aliphatic rings. The highest BCUT2D eigenvalue weighted by Gasteiger charge is 2.25. The van der Waals surface area contributed by atoms with Crippen LogP contribution in [0.4, 0.5) is 5.69 Å². The molecule has 0 N–H and O–H groups in total. The molecule has 2 heterocycles. The summed E-state index contributed by atoms with van der Waals surface area (Å²) in [6, 6.07) is 15.7. The number of thioether (sulfide) groups is 1. The Morgan fingerprint density at radius 1 is 1.08 bits per heavy atom. The third-order valence-corrected chi connectivity index (χ3v) is 5.27. The second-order valence-corrected chi connectivity index (χ2v) is 6.98. The fraction of sp³-hybridized carbons (Fsp3) is 0.0500. The molecule has 0 atom stereocenters. The predicted molar refractivity (Wildman–Crippen MR) is 100 cm³/mol. The largest absolute Gasteiger partial charge is 0.457 e. The summed E-state index contributed by atoms with van der Waals surface area (Å²) in [7, 11) is 0. The number of allylic oxidation sites excluding steroid dienone is 1. The van der Waals surface area contributed by atoms with Crippen LogP contribution in [-0.4, -0.2) is 10.7 Å². The van der Waals surface area contributed by atoms with Crippen molar-refractivity contribution in [3.8, 4) is 11.3 Å². The number of Topliss-reactive ketones (excluding diaryl/α,β-unsaturated/α-hetero) is 1. The van der Waals surface area contributed by atoms with Crippen molar-refractivity contribution < 1.29 is 14.1 Å². The van der Waals surface area contributed by atoms with Gasteiger partial charge in [0.25, 0.3) is 5.69 Å². The van der Waals surface area contributed by atoms with Gasteiger partial charge in [-0.05, 0) is 42.8 Å². The Labute approximate surface area is 153 Å². The zero-order valence-electron chi connectivity index (χ0n) is 13.8. The third kappa shape index (κ3) is 2.84. The molecule has 0 saturated carbocycles. The van der Waals surface area contributed by atoms with Gasteiger partial charge in [0.2, 0.25) is 5.78 Å². The van der Waals surface area contributed by atoms with Crippen LogP contribution < -0.4 is 0 Å². The summed E-state index contributed by atoms with van der Waals surface area (Å²) in [6.07, 6.45) is 1.71. The van der Waals surface area contributed by atoms with Crippen LogP contribution in [0.1, 0.15) is 21.7 Å². The first kappa shape index (κ1) is 16.4. The molecule has 0 unspecified atom stereocenters. The molecular weight excluding hydrogens is 350 g/mol. The van der Waals surface area contributed by atoms with E-state index in [1.54, 1.807) is 24.3 Å². The number of carbonyl (C=O) groups is 1. The number of benzene rings is 2. The average molecular weight is 363 g/mol. The lowest BCUT2D eigenvalue weighted by Crippen LogP contribution is -1.93. The van der Waals surface area contributed by atoms with E-state index in [-0.39, 0.29) is 11.5 Å². The number of carbonyl (C=O) groups excluding carboxylic acids is 1. The first-order valence-corrected chi connectivity index (χ1v) is 8.73. The number of aryl methyl sites for hydroxylation is 1. The maximum atomic E-state index is 12.4. The Balaban J connectivity index is 1.67. The highest BCUT2D eigenvalue weighted by molar-refractivity contribution is 8.04. The zero-order chi connectivity index (χ0) is 18.3. The lowest BCUT2D eigenvalue weighted by atomic mass is 10.1. The minimum absolute atomic E-state index is 0.0129. The van der Waals surface area contributed by atoms with E-state index < -0.39 is 4.92 Å². The summed E-state index contributed by atoms with van der Waals surface area (Å²) in [6.45, 7) is 1.87. The van der Waals surface area contributed by atoms with Crippen LogP contribution in [0.2, 0.25) is 0 Å². The van der Waals surface area contributed by atoms with Gasteiger partial charge in [-0.3, -0.25) is 14.9 Å². The Bertz CT molecular complexity index is 1080. The Morgan fingerprint density at radius 3 is 2.65 bits per heavy atom. The predicted octanol–water partition coefficient (Wildman–Crippen LogP) is 5.49. The van der Waals surface area contributed by atoms with Crippen molar-refractivity contribution in [3.63, 3.8) is 0 Å². The maximum Gasteiger partial charge on any atom is 0.270 e. The van der Waals surface area contributed by atoms with E-state index in [0.29, 0.717) is 27.6 Å². The molecule has 0 saturated heterocycles. The Morgan fingerprint density at radius 2 is 1.88 bits per heavy atom. The molecule has 3 aromatic rings. The van der Waals surface area contributed by atoms with Crippen LogP contribution in [0.5, 0.6) is 0 Å². The SMILES string of the molecule is Cc1ccc([N+](=O)[O-])cc1-c1ccc(C=C2Sc3ccccc3C2=O)o1. The Hall–Kier alpha value is -3.12. The standard InChI is InChI=1S/C20H13NO4S/c1-12-6-7-13(21(23)24)10-16(12)17-9-8-14(25-17)11-19-20(22)15-4-2-3-5-18(15)26-19/h2-11H,1H3. The van der Waals surface area contributed by atoms with Crippen LogP contribution in [0.15, 0.2) is 68.8 Å². The van der Waals surface area contributed by atoms with Crippen LogP contribution >= 0.6 is 11.8 Å². The van der Waals surface area contributed by atoms with Gasteiger partial charge >= 0.3 is 0 Å². The van der Waals surface area contributed by atoms with Crippen molar-refractivity contribution in [2.75, 3.05) is 0 Å². The first-order valence-electron chi connectivity index (χ1n) is 7.91.